The van der Waals surface area contributed by atoms with Crippen LogP contribution >= 0.6 is 0 Å². The highest BCUT2D eigenvalue weighted by atomic mass is 19.1. The summed E-state index contributed by atoms with van der Waals surface area (Å²) in [6, 6.07) is 3.42. The predicted molar refractivity (Wildman–Crippen MR) is 72.9 cm³/mol. The van der Waals surface area contributed by atoms with E-state index in [4.69, 9.17) is 0 Å². The second-order valence-corrected chi connectivity index (χ2v) is 3.46. The van der Waals surface area contributed by atoms with E-state index in [9.17, 15) is 13.6 Å². The zero-order valence-corrected chi connectivity index (χ0v) is 11.8. The van der Waals surface area contributed by atoms with Gasteiger partial charge in [-0.3, -0.25) is 4.79 Å². The summed E-state index contributed by atoms with van der Waals surface area (Å²) in [6.07, 6.45) is 1.75. The molecule has 108 valence electrons. The number of rotatable bonds is 2. The summed E-state index contributed by atoms with van der Waals surface area (Å²) in [7, 11) is 3.05. The number of nitrogens with one attached hydrogen (secondary N) is 1. The van der Waals surface area contributed by atoms with Gasteiger partial charge in [-0.1, -0.05) is 6.08 Å². The standard InChI is InChI=1S/C7H6F2.C4H9NO2.C3H6/c1-5-2-6(8)4-7(9)3-5;1-5-3-4(6)7-2;1-3-2/h2-4H,1H3;5H,3H2,1-2H3;3H,1H2,2H3. The van der Waals surface area contributed by atoms with E-state index >= 15 is 0 Å². The summed E-state index contributed by atoms with van der Waals surface area (Å²) in [5.74, 6) is -1.28. The summed E-state index contributed by atoms with van der Waals surface area (Å²) in [6.45, 7) is 7.18. The maximum absolute atomic E-state index is 12.2. The topological polar surface area (TPSA) is 38.3 Å². The Balaban J connectivity index is 0. The molecule has 1 aromatic rings. The Kier molecular flexibility index (Phi) is 13.1. The molecule has 0 aliphatic carbocycles. The van der Waals surface area contributed by atoms with Crippen LogP contribution in [0.25, 0.3) is 0 Å². The average molecular weight is 273 g/mol. The third-order valence-electron chi connectivity index (χ3n) is 1.56. The summed E-state index contributed by atoms with van der Waals surface area (Å²) in [4.78, 5) is 10.1. The number of carbonyl (C=O) groups is 1. The molecular formula is C14H21F2NO2. The maximum atomic E-state index is 12.2. The lowest BCUT2D eigenvalue weighted by atomic mass is 10.2. The number of benzene rings is 1. The minimum absolute atomic E-state index is 0.234. The number of likely N-dealkylation sites (N-methyl/N-ethyl adjacent to an activating group) is 1. The van der Waals surface area contributed by atoms with Gasteiger partial charge in [-0.15, -0.1) is 6.58 Å². The molecule has 0 aromatic heterocycles. The molecule has 1 N–H and O–H groups in total. The highest BCUT2D eigenvalue weighted by molar-refractivity contribution is 5.71. The SMILES string of the molecule is C=CC.CNCC(=O)OC.Cc1cc(F)cc(F)c1. The first-order chi connectivity index (χ1) is 8.90. The first kappa shape index (κ1) is 19.6. The summed E-state index contributed by atoms with van der Waals surface area (Å²) >= 11 is 0. The molecule has 1 aromatic carbocycles. The van der Waals surface area contributed by atoms with Crippen LogP contribution in [0.3, 0.4) is 0 Å². The van der Waals surface area contributed by atoms with Crippen molar-refractivity contribution in [1.82, 2.24) is 5.32 Å². The molecule has 0 saturated heterocycles. The molecule has 0 spiro atoms. The number of esters is 1. The van der Waals surface area contributed by atoms with Crippen LogP contribution in [0.4, 0.5) is 8.78 Å². The van der Waals surface area contributed by atoms with Crippen molar-refractivity contribution in [3.8, 4) is 0 Å². The number of halogens is 2. The lowest BCUT2D eigenvalue weighted by Crippen LogP contribution is -2.19. The lowest BCUT2D eigenvalue weighted by molar-refractivity contribution is -0.139. The van der Waals surface area contributed by atoms with Gasteiger partial charge < -0.3 is 10.1 Å². The fourth-order valence-electron chi connectivity index (χ4n) is 0.908. The minimum Gasteiger partial charge on any atom is -0.468 e. The fraction of sp³-hybridized carbons (Fsp3) is 0.357. The number of ether oxygens (including phenoxy) is 1. The van der Waals surface area contributed by atoms with Crippen molar-refractivity contribution in [1.29, 1.82) is 0 Å². The molecule has 1 rings (SSSR count). The van der Waals surface area contributed by atoms with Crippen LogP contribution in [0.1, 0.15) is 12.5 Å². The van der Waals surface area contributed by atoms with E-state index in [2.05, 4.69) is 16.6 Å². The summed E-state index contributed by atoms with van der Waals surface area (Å²) < 4.78 is 28.7. The quantitative estimate of drug-likeness (QED) is 0.665. The normalized spacial score (nSPS) is 8.32. The number of hydrogen-bond donors (Lipinski definition) is 1. The number of methoxy groups -OCH3 is 1. The van der Waals surface area contributed by atoms with E-state index in [1.165, 1.54) is 19.2 Å². The molecule has 0 fully saturated rings. The molecule has 0 aliphatic heterocycles. The van der Waals surface area contributed by atoms with Crippen molar-refractivity contribution < 1.29 is 18.3 Å². The van der Waals surface area contributed by atoms with Crippen molar-refractivity contribution in [2.45, 2.75) is 13.8 Å². The number of allylic oxidation sites excluding steroid dienone is 1. The van der Waals surface area contributed by atoms with E-state index in [-0.39, 0.29) is 12.5 Å². The van der Waals surface area contributed by atoms with E-state index in [1.54, 1.807) is 20.0 Å². The molecular weight excluding hydrogens is 252 g/mol. The van der Waals surface area contributed by atoms with Crippen LogP contribution < -0.4 is 5.32 Å². The fourth-order valence-corrected chi connectivity index (χ4v) is 0.908. The van der Waals surface area contributed by atoms with E-state index in [0.29, 0.717) is 5.56 Å². The monoisotopic (exact) mass is 273 g/mol. The molecule has 0 amide bonds. The molecule has 0 atom stereocenters. The molecule has 0 radical (unpaired) electrons. The Morgan fingerprint density at radius 2 is 1.79 bits per heavy atom. The largest absolute Gasteiger partial charge is 0.468 e. The molecule has 0 heterocycles. The summed E-state index contributed by atoms with van der Waals surface area (Å²) in [5.41, 5.74) is 0.604. The Morgan fingerprint density at radius 3 is 2.00 bits per heavy atom. The third kappa shape index (κ3) is 14.2. The Morgan fingerprint density at radius 1 is 1.37 bits per heavy atom. The lowest BCUT2D eigenvalue weighted by Gasteiger charge is -1.93. The van der Waals surface area contributed by atoms with Crippen molar-refractivity contribution in [2.75, 3.05) is 20.7 Å². The number of hydrogen-bond acceptors (Lipinski definition) is 3. The Hall–Kier alpha value is -1.75. The van der Waals surface area contributed by atoms with Gasteiger partial charge in [0.15, 0.2) is 0 Å². The van der Waals surface area contributed by atoms with E-state index < -0.39 is 11.6 Å². The molecule has 19 heavy (non-hydrogen) atoms. The van der Waals surface area contributed by atoms with Gasteiger partial charge in [-0.2, -0.15) is 0 Å². The van der Waals surface area contributed by atoms with Gasteiger partial charge in [0.2, 0.25) is 0 Å². The van der Waals surface area contributed by atoms with Gasteiger partial charge in [0.05, 0.1) is 13.7 Å². The Bertz CT molecular complexity index is 331. The average Bonchev–Trinajstić information content (AvgIpc) is 2.29. The van der Waals surface area contributed by atoms with Gasteiger partial charge in [-0.05, 0) is 38.6 Å². The van der Waals surface area contributed by atoms with Gasteiger partial charge in [0.25, 0.3) is 0 Å². The highest BCUT2D eigenvalue weighted by Gasteiger charge is 1.94. The van der Waals surface area contributed by atoms with E-state index in [1.807, 2.05) is 6.92 Å². The van der Waals surface area contributed by atoms with Crippen molar-refractivity contribution >= 4 is 5.97 Å². The zero-order chi connectivity index (χ0) is 15.3. The smallest absolute Gasteiger partial charge is 0.319 e. The van der Waals surface area contributed by atoms with Crippen molar-refractivity contribution in [3.05, 3.63) is 48.1 Å². The van der Waals surface area contributed by atoms with Crippen molar-refractivity contribution in [3.63, 3.8) is 0 Å². The zero-order valence-electron chi connectivity index (χ0n) is 11.8. The molecule has 3 nitrogen and oxygen atoms in total. The van der Waals surface area contributed by atoms with Gasteiger partial charge in [-0.25, -0.2) is 8.78 Å². The second-order valence-electron chi connectivity index (χ2n) is 3.46. The number of aryl methyl sites for hydroxylation is 1. The first-order valence-corrected chi connectivity index (χ1v) is 5.62. The van der Waals surface area contributed by atoms with Crippen molar-refractivity contribution in [2.24, 2.45) is 0 Å². The maximum Gasteiger partial charge on any atom is 0.319 e. The minimum atomic E-state index is -0.521. The molecule has 0 saturated carbocycles. The van der Waals surface area contributed by atoms with E-state index in [0.717, 1.165) is 6.07 Å². The molecule has 5 heteroatoms. The van der Waals surface area contributed by atoms with Gasteiger partial charge >= 0.3 is 5.97 Å². The van der Waals surface area contributed by atoms with Gasteiger partial charge in [0.1, 0.15) is 11.6 Å². The number of carbonyl (C=O) groups excluding carboxylic acids is 1. The van der Waals surface area contributed by atoms with Crippen LogP contribution in [-0.2, 0) is 9.53 Å². The summed E-state index contributed by atoms with van der Waals surface area (Å²) in [5, 5.41) is 2.64. The predicted octanol–water partition coefficient (Wildman–Crippen LogP) is 2.84. The molecule has 0 unspecified atom stereocenters. The molecule has 0 bridgehead atoms. The van der Waals surface area contributed by atoms with Crippen LogP contribution in [0.5, 0.6) is 0 Å². The van der Waals surface area contributed by atoms with Gasteiger partial charge in [0, 0.05) is 6.07 Å². The van der Waals surface area contributed by atoms with Crippen LogP contribution in [0, 0.1) is 18.6 Å². The highest BCUT2D eigenvalue weighted by Crippen LogP contribution is 2.05. The van der Waals surface area contributed by atoms with Crippen LogP contribution in [0.2, 0.25) is 0 Å². The van der Waals surface area contributed by atoms with Crippen LogP contribution in [0.15, 0.2) is 30.9 Å². The third-order valence-corrected chi connectivity index (χ3v) is 1.56. The second kappa shape index (κ2) is 12.7. The first-order valence-electron chi connectivity index (χ1n) is 5.62. The van der Waals surface area contributed by atoms with Crippen LogP contribution in [-0.4, -0.2) is 26.7 Å². The Labute approximate surface area is 113 Å². The molecule has 0 aliphatic rings.